The summed E-state index contributed by atoms with van der Waals surface area (Å²) in [5.74, 6) is 0. The molecule has 1 N–H and O–H groups in total. The number of fused-ring (bicyclic) bond motifs is 3. The standard InChI is InChI=1S/C24H24N2/c1-4-26-23-8-6-5-7-21(23)22-15-20(13-14-24(22)26)18(3)25-16-19-11-9-17(2)10-12-19/h5-15,25H,3-4,16H2,1-2H3. The molecule has 0 saturated heterocycles. The van der Waals surface area contributed by atoms with E-state index in [4.69, 9.17) is 0 Å². The van der Waals surface area contributed by atoms with Gasteiger partial charge in [0.1, 0.15) is 0 Å². The number of nitrogens with zero attached hydrogens (tertiary/aromatic N) is 1. The van der Waals surface area contributed by atoms with Gasteiger partial charge in [-0.1, -0.05) is 60.7 Å². The summed E-state index contributed by atoms with van der Waals surface area (Å²) in [7, 11) is 0. The minimum Gasteiger partial charge on any atom is -0.381 e. The summed E-state index contributed by atoms with van der Waals surface area (Å²) in [4.78, 5) is 0. The molecule has 1 aromatic heterocycles. The molecular formula is C24H24N2. The van der Waals surface area contributed by atoms with Gasteiger partial charge < -0.3 is 9.88 Å². The number of benzene rings is 3. The van der Waals surface area contributed by atoms with E-state index in [0.717, 1.165) is 24.4 Å². The van der Waals surface area contributed by atoms with E-state index in [1.54, 1.807) is 0 Å². The molecular weight excluding hydrogens is 316 g/mol. The number of para-hydroxylation sites is 1. The lowest BCUT2D eigenvalue weighted by Crippen LogP contribution is -2.10. The van der Waals surface area contributed by atoms with Gasteiger partial charge >= 0.3 is 0 Å². The summed E-state index contributed by atoms with van der Waals surface area (Å²) in [6, 6.07) is 23.9. The highest BCUT2D eigenvalue weighted by molar-refractivity contribution is 6.08. The van der Waals surface area contributed by atoms with E-state index in [0.29, 0.717) is 0 Å². The second-order valence-corrected chi connectivity index (χ2v) is 6.81. The highest BCUT2D eigenvalue weighted by Gasteiger charge is 2.10. The van der Waals surface area contributed by atoms with Crippen molar-refractivity contribution < 1.29 is 0 Å². The van der Waals surface area contributed by atoms with Crippen LogP contribution in [0.1, 0.15) is 23.6 Å². The quantitative estimate of drug-likeness (QED) is 0.480. The average Bonchev–Trinajstić information content (AvgIpc) is 3.00. The second-order valence-electron chi connectivity index (χ2n) is 6.81. The van der Waals surface area contributed by atoms with Crippen molar-refractivity contribution in [2.45, 2.75) is 26.9 Å². The largest absolute Gasteiger partial charge is 0.381 e. The highest BCUT2D eigenvalue weighted by atomic mass is 15.0. The van der Waals surface area contributed by atoms with Crippen LogP contribution in [0, 0.1) is 6.92 Å². The zero-order valence-electron chi connectivity index (χ0n) is 15.4. The molecule has 0 fully saturated rings. The van der Waals surface area contributed by atoms with Gasteiger partial charge in [0.15, 0.2) is 0 Å². The molecule has 0 amide bonds. The fourth-order valence-electron chi connectivity index (χ4n) is 3.60. The third kappa shape index (κ3) is 2.88. The number of rotatable bonds is 5. The second kappa shape index (κ2) is 6.72. The molecule has 0 unspecified atom stereocenters. The minimum absolute atomic E-state index is 0.786. The van der Waals surface area contributed by atoms with Crippen molar-refractivity contribution in [2.75, 3.05) is 0 Å². The Balaban J connectivity index is 1.65. The number of hydrogen-bond acceptors (Lipinski definition) is 1. The first-order valence-corrected chi connectivity index (χ1v) is 9.17. The van der Waals surface area contributed by atoms with Gasteiger partial charge in [-0.15, -0.1) is 0 Å². The third-order valence-corrected chi connectivity index (χ3v) is 5.06. The van der Waals surface area contributed by atoms with E-state index < -0.39 is 0 Å². The number of aryl methyl sites for hydroxylation is 2. The molecule has 3 aromatic carbocycles. The normalized spacial score (nSPS) is 11.2. The Morgan fingerprint density at radius 1 is 0.923 bits per heavy atom. The van der Waals surface area contributed by atoms with Crippen molar-refractivity contribution in [3.05, 3.63) is 90.0 Å². The van der Waals surface area contributed by atoms with E-state index in [2.05, 4.69) is 97.0 Å². The maximum Gasteiger partial charge on any atom is 0.0491 e. The van der Waals surface area contributed by atoms with Gasteiger partial charge in [-0.2, -0.15) is 0 Å². The van der Waals surface area contributed by atoms with Crippen LogP contribution in [0.5, 0.6) is 0 Å². The summed E-state index contributed by atoms with van der Waals surface area (Å²) in [6.45, 7) is 10.3. The maximum atomic E-state index is 4.25. The maximum absolute atomic E-state index is 4.25. The molecule has 0 aliphatic heterocycles. The summed E-state index contributed by atoms with van der Waals surface area (Å²) in [5, 5.41) is 6.06. The van der Waals surface area contributed by atoms with Crippen molar-refractivity contribution in [2.24, 2.45) is 0 Å². The Labute approximate surface area is 154 Å². The molecule has 0 aliphatic carbocycles. The van der Waals surface area contributed by atoms with Crippen LogP contribution < -0.4 is 5.32 Å². The Morgan fingerprint density at radius 3 is 2.42 bits per heavy atom. The molecule has 0 bridgehead atoms. The molecule has 2 nitrogen and oxygen atoms in total. The SMILES string of the molecule is C=C(NCc1ccc(C)cc1)c1ccc2c(c1)c1ccccc1n2CC. The number of aromatic nitrogens is 1. The van der Waals surface area contributed by atoms with Gasteiger partial charge in [0.05, 0.1) is 0 Å². The first kappa shape index (κ1) is 16.5. The predicted octanol–water partition coefficient (Wildman–Crippen LogP) is 5.88. The topological polar surface area (TPSA) is 17.0 Å². The molecule has 0 aliphatic rings. The van der Waals surface area contributed by atoms with Gasteiger partial charge in [-0.25, -0.2) is 0 Å². The van der Waals surface area contributed by atoms with Crippen LogP contribution in [0.2, 0.25) is 0 Å². The zero-order chi connectivity index (χ0) is 18.1. The zero-order valence-corrected chi connectivity index (χ0v) is 15.4. The smallest absolute Gasteiger partial charge is 0.0491 e. The highest BCUT2D eigenvalue weighted by Crippen LogP contribution is 2.30. The van der Waals surface area contributed by atoms with Crippen molar-refractivity contribution in [3.63, 3.8) is 0 Å². The van der Waals surface area contributed by atoms with E-state index >= 15 is 0 Å². The Kier molecular flexibility index (Phi) is 4.26. The molecule has 0 radical (unpaired) electrons. The molecule has 4 aromatic rings. The van der Waals surface area contributed by atoms with E-state index in [-0.39, 0.29) is 0 Å². The Bertz CT molecular complexity index is 1080. The summed E-state index contributed by atoms with van der Waals surface area (Å²) < 4.78 is 2.37. The molecule has 2 heteroatoms. The fourth-order valence-corrected chi connectivity index (χ4v) is 3.60. The van der Waals surface area contributed by atoms with Crippen molar-refractivity contribution in [1.82, 2.24) is 9.88 Å². The monoisotopic (exact) mass is 340 g/mol. The van der Waals surface area contributed by atoms with Crippen molar-refractivity contribution in [3.8, 4) is 0 Å². The van der Waals surface area contributed by atoms with Crippen LogP contribution in [0.15, 0.2) is 73.3 Å². The van der Waals surface area contributed by atoms with Gasteiger partial charge in [0, 0.05) is 40.6 Å². The summed E-state index contributed by atoms with van der Waals surface area (Å²) >= 11 is 0. The fraction of sp³-hybridized carbons (Fsp3) is 0.167. The summed E-state index contributed by atoms with van der Waals surface area (Å²) in [5.41, 5.74) is 7.22. The van der Waals surface area contributed by atoms with Gasteiger partial charge in [0.25, 0.3) is 0 Å². The number of hydrogen-bond donors (Lipinski definition) is 1. The van der Waals surface area contributed by atoms with Crippen LogP contribution in [0.3, 0.4) is 0 Å². The predicted molar refractivity (Wildman–Crippen MR) is 112 cm³/mol. The van der Waals surface area contributed by atoms with Crippen LogP contribution in [-0.2, 0) is 13.1 Å². The lowest BCUT2D eigenvalue weighted by Gasteiger charge is -2.11. The van der Waals surface area contributed by atoms with E-state index in [9.17, 15) is 0 Å². The van der Waals surface area contributed by atoms with Crippen molar-refractivity contribution >= 4 is 27.5 Å². The Hall–Kier alpha value is -3.00. The molecule has 0 spiro atoms. The van der Waals surface area contributed by atoms with Gasteiger partial charge in [-0.05, 0) is 43.2 Å². The molecule has 4 rings (SSSR count). The van der Waals surface area contributed by atoms with Crippen LogP contribution in [0.25, 0.3) is 27.5 Å². The first-order chi connectivity index (χ1) is 12.7. The number of nitrogens with one attached hydrogen (secondary N) is 1. The van der Waals surface area contributed by atoms with E-state index in [1.165, 1.54) is 32.9 Å². The van der Waals surface area contributed by atoms with Crippen LogP contribution in [0.4, 0.5) is 0 Å². The minimum atomic E-state index is 0.786. The summed E-state index contributed by atoms with van der Waals surface area (Å²) in [6.07, 6.45) is 0. The molecule has 130 valence electrons. The molecule has 1 heterocycles. The van der Waals surface area contributed by atoms with Gasteiger partial charge in [-0.3, -0.25) is 0 Å². The molecule has 26 heavy (non-hydrogen) atoms. The third-order valence-electron chi connectivity index (χ3n) is 5.06. The van der Waals surface area contributed by atoms with Crippen molar-refractivity contribution in [1.29, 1.82) is 0 Å². The van der Waals surface area contributed by atoms with Crippen LogP contribution >= 0.6 is 0 Å². The van der Waals surface area contributed by atoms with Crippen LogP contribution in [-0.4, -0.2) is 4.57 Å². The average molecular weight is 340 g/mol. The van der Waals surface area contributed by atoms with E-state index in [1.807, 2.05) is 0 Å². The molecule has 0 saturated carbocycles. The lowest BCUT2D eigenvalue weighted by atomic mass is 10.1. The molecule has 0 atom stereocenters. The first-order valence-electron chi connectivity index (χ1n) is 9.17. The lowest BCUT2D eigenvalue weighted by molar-refractivity contribution is 0.827. The Morgan fingerprint density at radius 2 is 1.65 bits per heavy atom. The van der Waals surface area contributed by atoms with Gasteiger partial charge in [0.2, 0.25) is 0 Å².